The molecular weight excluding hydrogens is 466 g/mol. The topological polar surface area (TPSA) is 251 Å². The normalized spacial score (nSPS) is 14.0. The summed E-state index contributed by atoms with van der Waals surface area (Å²) in [5.41, 5.74) is 11.6. The van der Waals surface area contributed by atoms with Crippen LogP contribution >= 0.6 is 0 Å². The van der Waals surface area contributed by atoms with Crippen molar-refractivity contribution in [1.82, 2.24) is 16.0 Å². The molecule has 14 nitrogen and oxygen atoms in total. The molecule has 0 aliphatic carbocycles. The Hall–Kier alpha value is -4.20. The van der Waals surface area contributed by atoms with E-state index in [1.54, 1.807) is 12.1 Å². The van der Waals surface area contributed by atoms with E-state index in [2.05, 4.69) is 16.0 Å². The predicted molar refractivity (Wildman–Crippen MR) is 120 cm³/mol. The van der Waals surface area contributed by atoms with Gasteiger partial charge in [0, 0.05) is 6.42 Å². The standard InChI is InChI=1S/C21H29N5O9/c1-10(21(34)35)24-20(33)15(9-16(23)28)26-19(32)14(6-7-17(29)30)25-18(31)13(22)8-11-2-4-12(27)5-3-11/h2-5,10,13-15,27H,6-9,22H2,1H3,(H2,23,28)(H,24,33)(H,25,31)(H,26,32)(H,29,30)(H,34,35). The van der Waals surface area contributed by atoms with Crippen LogP contribution in [0.3, 0.4) is 0 Å². The van der Waals surface area contributed by atoms with E-state index in [0.717, 1.165) is 6.92 Å². The average molecular weight is 495 g/mol. The molecule has 4 amide bonds. The minimum Gasteiger partial charge on any atom is -0.508 e. The summed E-state index contributed by atoms with van der Waals surface area (Å²) >= 11 is 0. The van der Waals surface area contributed by atoms with Gasteiger partial charge in [0.2, 0.25) is 23.6 Å². The summed E-state index contributed by atoms with van der Waals surface area (Å²) in [6, 6.07) is 0.401. The molecule has 4 unspecified atom stereocenters. The van der Waals surface area contributed by atoms with Crippen molar-refractivity contribution in [2.45, 2.75) is 56.8 Å². The van der Waals surface area contributed by atoms with Crippen molar-refractivity contribution in [2.24, 2.45) is 11.5 Å². The summed E-state index contributed by atoms with van der Waals surface area (Å²) in [5, 5.41) is 33.9. The van der Waals surface area contributed by atoms with Crippen LogP contribution in [0.25, 0.3) is 0 Å². The fourth-order valence-corrected chi connectivity index (χ4v) is 2.85. The second-order valence-electron chi connectivity index (χ2n) is 7.77. The molecule has 0 aliphatic rings. The molecule has 0 saturated heterocycles. The molecule has 0 saturated carbocycles. The van der Waals surface area contributed by atoms with E-state index in [1.165, 1.54) is 12.1 Å². The van der Waals surface area contributed by atoms with Gasteiger partial charge >= 0.3 is 11.9 Å². The number of amides is 4. The molecule has 4 atom stereocenters. The molecule has 1 aromatic rings. The minimum absolute atomic E-state index is 0.0180. The first-order chi connectivity index (χ1) is 16.3. The fourth-order valence-electron chi connectivity index (χ4n) is 2.85. The van der Waals surface area contributed by atoms with Crippen molar-refractivity contribution in [3.8, 4) is 5.75 Å². The highest BCUT2D eigenvalue weighted by Gasteiger charge is 2.30. The zero-order chi connectivity index (χ0) is 26.7. The molecule has 0 fully saturated rings. The number of aliphatic carboxylic acids is 2. The zero-order valence-electron chi connectivity index (χ0n) is 18.9. The first-order valence-electron chi connectivity index (χ1n) is 10.5. The molecule has 10 N–H and O–H groups in total. The number of carbonyl (C=O) groups is 6. The van der Waals surface area contributed by atoms with E-state index in [9.17, 15) is 33.9 Å². The Morgan fingerprint density at radius 3 is 1.94 bits per heavy atom. The average Bonchev–Trinajstić information content (AvgIpc) is 2.76. The van der Waals surface area contributed by atoms with Crippen molar-refractivity contribution in [3.05, 3.63) is 29.8 Å². The van der Waals surface area contributed by atoms with Crippen molar-refractivity contribution in [1.29, 1.82) is 0 Å². The van der Waals surface area contributed by atoms with Gasteiger partial charge in [-0.05, 0) is 37.5 Å². The Labute approximate surface area is 200 Å². The molecule has 35 heavy (non-hydrogen) atoms. The molecular formula is C21H29N5O9. The van der Waals surface area contributed by atoms with Gasteiger partial charge in [0.25, 0.3) is 0 Å². The number of nitrogens with one attached hydrogen (secondary N) is 3. The molecule has 0 bridgehead atoms. The van der Waals surface area contributed by atoms with E-state index in [-0.39, 0.29) is 18.6 Å². The first kappa shape index (κ1) is 28.8. The number of phenolic OH excluding ortho intramolecular Hbond substituents is 1. The van der Waals surface area contributed by atoms with Crippen LogP contribution in [0.4, 0.5) is 0 Å². The van der Waals surface area contributed by atoms with E-state index >= 15 is 0 Å². The summed E-state index contributed by atoms with van der Waals surface area (Å²) in [6.45, 7) is 1.16. The lowest BCUT2D eigenvalue weighted by Gasteiger charge is -2.24. The van der Waals surface area contributed by atoms with Crippen LogP contribution in [0.5, 0.6) is 5.75 Å². The van der Waals surface area contributed by atoms with Crippen LogP contribution in [0.15, 0.2) is 24.3 Å². The van der Waals surface area contributed by atoms with Gasteiger partial charge in [-0.3, -0.25) is 28.8 Å². The molecule has 0 radical (unpaired) electrons. The second-order valence-corrected chi connectivity index (χ2v) is 7.77. The fraction of sp³-hybridized carbons (Fsp3) is 0.429. The number of hydrogen-bond donors (Lipinski definition) is 8. The number of hydrogen-bond acceptors (Lipinski definition) is 8. The number of benzene rings is 1. The SMILES string of the molecule is CC(NC(=O)C(CC(N)=O)NC(=O)C(CCC(=O)O)NC(=O)C(N)Cc1ccc(O)cc1)C(=O)O. The maximum Gasteiger partial charge on any atom is 0.325 e. The van der Waals surface area contributed by atoms with Crippen LogP contribution in [-0.2, 0) is 35.2 Å². The van der Waals surface area contributed by atoms with Gasteiger partial charge in [-0.1, -0.05) is 12.1 Å². The van der Waals surface area contributed by atoms with Gasteiger partial charge in [0.1, 0.15) is 23.9 Å². The van der Waals surface area contributed by atoms with Crippen LogP contribution < -0.4 is 27.4 Å². The highest BCUT2D eigenvalue weighted by Crippen LogP contribution is 2.11. The quantitative estimate of drug-likeness (QED) is 0.135. The number of primary amides is 1. The number of nitrogens with two attached hydrogens (primary N) is 2. The van der Waals surface area contributed by atoms with Gasteiger partial charge in [-0.15, -0.1) is 0 Å². The van der Waals surface area contributed by atoms with Crippen molar-refractivity contribution in [2.75, 3.05) is 0 Å². The molecule has 14 heteroatoms. The van der Waals surface area contributed by atoms with Gasteiger partial charge in [-0.2, -0.15) is 0 Å². The van der Waals surface area contributed by atoms with Crippen molar-refractivity contribution < 1.29 is 44.1 Å². The lowest BCUT2D eigenvalue weighted by molar-refractivity contribution is -0.142. The van der Waals surface area contributed by atoms with Gasteiger partial charge in [0.15, 0.2) is 0 Å². The molecule has 1 rings (SSSR count). The number of phenols is 1. The summed E-state index contributed by atoms with van der Waals surface area (Å²) in [6.07, 6.45) is -1.52. The summed E-state index contributed by atoms with van der Waals surface area (Å²) in [5.74, 6) is -6.39. The number of carboxylic acids is 2. The summed E-state index contributed by atoms with van der Waals surface area (Å²) < 4.78 is 0. The van der Waals surface area contributed by atoms with E-state index in [1.807, 2.05) is 0 Å². The third kappa shape index (κ3) is 10.5. The number of carbonyl (C=O) groups excluding carboxylic acids is 4. The van der Waals surface area contributed by atoms with Crippen molar-refractivity contribution in [3.63, 3.8) is 0 Å². The van der Waals surface area contributed by atoms with Crippen LogP contribution in [-0.4, -0.2) is 75.1 Å². The summed E-state index contributed by atoms with van der Waals surface area (Å²) in [7, 11) is 0. The van der Waals surface area contributed by atoms with E-state index in [4.69, 9.17) is 21.7 Å². The highest BCUT2D eigenvalue weighted by molar-refractivity contribution is 5.96. The van der Waals surface area contributed by atoms with E-state index in [0.29, 0.717) is 5.56 Å². The minimum atomic E-state index is -1.57. The molecule has 0 spiro atoms. The third-order valence-corrected chi connectivity index (χ3v) is 4.78. The highest BCUT2D eigenvalue weighted by atomic mass is 16.4. The Morgan fingerprint density at radius 1 is 0.886 bits per heavy atom. The molecule has 0 aliphatic heterocycles. The Kier molecular flexibility index (Phi) is 11.1. The maximum atomic E-state index is 12.8. The number of aromatic hydroxyl groups is 1. The molecule has 0 aromatic heterocycles. The van der Waals surface area contributed by atoms with Gasteiger partial charge < -0.3 is 42.7 Å². The first-order valence-corrected chi connectivity index (χ1v) is 10.5. The Morgan fingerprint density at radius 2 is 1.43 bits per heavy atom. The molecule has 1 aromatic carbocycles. The monoisotopic (exact) mass is 495 g/mol. The largest absolute Gasteiger partial charge is 0.508 e. The lowest BCUT2D eigenvalue weighted by Crippen LogP contribution is -2.57. The third-order valence-electron chi connectivity index (χ3n) is 4.78. The maximum absolute atomic E-state index is 12.8. The van der Waals surface area contributed by atoms with Crippen LogP contribution in [0.2, 0.25) is 0 Å². The smallest absolute Gasteiger partial charge is 0.325 e. The van der Waals surface area contributed by atoms with Crippen molar-refractivity contribution >= 4 is 35.6 Å². The van der Waals surface area contributed by atoms with E-state index < -0.39 is 72.6 Å². The Bertz CT molecular complexity index is 951. The van der Waals surface area contributed by atoms with Crippen LogP contribution in [0.1, 0.15) is 31.7 Å². The predicted octanol–water partition coefficient (Wildman–Crippen LogP) is -2.44. The Balaban J connectivity index is 2.95. The lowest BCUT2D eigenvalue weighted by atomic mass is 10.0. The van der Waals surface area contributed by atoms with Gasteiger partial charge in [0.05, 0.1) is 12.5 Å². The second kappa shape index (κ2) is 13.5. The zero-order valence-corrected chi connectivity index (χ0v) is 18.9. The number of carboxylic acid groups (broad SMARTS) is 2. The van der Waals surface area contributed by atoms with Gasteiger partial charge in [-0.25, -0.2) is 0 Å². The molecule has 0 heterocycles. The van der Waals surface area contributed by atoms with Crippen LogP contribution in [0, 0.1) is 0 Å². The molecule has 192 valence electrons. The number of rotatable bonds is 14. The summed E-state index contributed by atoms with van der Waals surface area (Å²) in [4.78, 5) is 71.0.